The molecular formula is C19H20FN3OS. The average molecular weight is 357 g/mol. The van der Waals surface area contributed by atoms with E-state index in [-0.39, 0.29) is 11.7 Å². The van der Waals surface area contributed by atoms with Crippen molar-refractivity contribution in [3.63, 3.8) is 0 Å². The molecule has 3 heterocycles. The number of likely N-dealkylation sites (tertiary alicyclic amines) is 1. The van der Waals surface area contributed by atoms with Gasteiger partial charge in [-0.3, -0.25) is 4.90 Å². The zero-order valence-corrected chi connectivity index (χ0v) is 14.9. The Morgan fingerprint density at radius 2 is 2.20 bits per heavy atom. The molecule has 1 aliphatic rings. The van der Waals surface area contributed by atoms with Crippen molar-refractivity contribution in [1.29, 1.82) is 0 Å². The second kappa shape index (κ2) is 7.06. The van der Waals surface area contributed by atoms with Gasteiger partial charge in [0.05, 0.1) is 10.8 Å². The minimum atomic E-state index is -0.182. The van der Waals surface area contributed by atoms with Gasteiger partial charge in [0, 0.05) is 18.0 Å². The van der Waals surface area contributed by atoms with Gasteiger partial charge in [-0.05, 0) is 56.1 Å². The fraction of sp³-hybridized carbons (Fsp3) is 0.368. The van der Waals surface area contributed by atoms with Crippen molar-refractivity contribution in [3.05, 3.63) is 58.5 Å². The number of hydrogen-bond acceptors (Lipinski definition) is 5. The van der Waals surface area contributed by atoms with Gasteiger partial charge in [0.25, 0.3) is 5.89 Å². The van der Waals surface area contributed by atoms with E-state index in [0.717, 1.165) is 42.9 Å². The van der Waals surface area contributed by atoms with E-state index in [0.29, 0.717) is 11.8 Å². The number of piperidine rings is 1. The second-order valence-corrected chi connectivity index (χ2v) is 7.85. The number of thiophene rings is 1. The van der Waals surface area contributed by atoms with E-state index in [1.807, 2.05) is 12.1 Å². The highest BCUT2D eigenvalue weighted by Crippen LogP contribution is 2.31. The zero-order chi connectivity index (χ0) is 17.2. The summed E-state index contributed by atoms with van der Waals surface area (Å²) in [5.74, 6) is 1.38. The molecule has 130 valence electrons. The first-order valence-corrected chi connectivity index (χ1v) is 9.36. The first kappa shape index (κ1) is 16.4. The molecule has 1 aromatic carbocycles. The Bertz CT molecular complexity index is 860. The summed E-state index contributed by atoms with van der Waals surface area (Å²) in [6.45, 7) is 4.69. The molecule has 4 rings (SSSR count). The summed E-state index contributed by atoms with van der Waals surface area (Å²) in [6, 6.07) is 10.9. The Labute approximate surface area is 150 Å². The van der Waals surface area contributed by atoms with Gasteiger partial charge in [-0.1, -0.05) is 12.1 Å². The lowest BCUT2D eigenvalue weighted by molar-refractivity contribution is 0.186. The van der Waals surface area contributed by atoms with Gasteiger partial charge in [0.15, 0.2) is 0 Å². The van der Waals surface area contributed by atoms with E-state index in [1.165, 1.54) is 10.9 Å². The quantitative estimate of drug-likeness (QED) is 0.683. The normalized spacial score (nSPS) is 18.6. The van der Waals surface area contributed by atoms with Crippen LogP contribution in [0.15, 0.2) is 40.8 Å². The SMILES string of the molecule is Cc1ccc(-c2nnc([C@@H]3CCCN(Cc4cccc(F)c4)C3)o2)s1. The highest BCUT2D eigenvalue weighted by Gasteiger charge is 2.26. The van der Waals surface area contributed by atoms with Crippen LogP contribution in [0.3, 0.4) is 0 Å². The largest absolute Gasteiger partial charge is 0.420 e. The molecule has 0 bridgehead atoms. The van der Waals surface area contributed by atoms with Crippen LogP contribution in [-0.2, 0) is 6.54 Å². The summed E-state index contributed by atoms with van der Waals surface area (Å²) in [4.78, 5) is 4.58. The molecule has 0 radical (unpaired) electrons. The first-order chi connectivity index (χ1) is 12.2. The summed E-state index contributed by atoms with van der Waals surface area (Å²) in [7, 11) is 0. The standard InChI is InChI=1S/C19H20FN3OS/c1-13-7-8-17(25-13)19-22-21-18(24-19)15-5-3-9-23(12-15)11-14-4-2-6-16(20)10-14/h2,4,6-8,10,15H,3,5,9,11-12H2,1H3/t15-/m1/s1. The maximum atomic E-state index is 13.4. The monoisotopic (exact) mass is 357 g/mol. The third-order valence-electron chi connectivity index (χ3n) is 4.54. The molecule has 1 aliphatic heterocycles. The molecule has 4 nitrogen and oxygen atoms in total. The van der Waals surface area contributed by atoms with Crippen LogP contribution in [0, 0.1) is 12.7 Å². The fourth-order valence-electron chi connectivity index (χ4n) is 3.34. The molecule has 2 aromatic heterocycles. The minimum Gasteiger partial charge on any atom is -0.420 e. The van der Waals surface area contributed by atoms with E-state index in [4.69, 9.17) is 4.42 Å². The maximum absolute atomic E-state index is 13.4. The van der Waals surface area contributed by atoms with Gasteiger partial charge >= 0.3 is 0 Å². The van der Waals surface area contributed by atoms with Crippen LogP contribution in [0.5, 0.6) is 0 Å². The molecule has 0 aliphatic carbocycles. The van der Waals surface area contributed by atoms with Gasteiger partial charge < -0.3 is 4.42 Å². The van der Waals surface area contributed by atoms with Crippen LogP contribution in [0.2, 0.25) is 0 Å². The molecule has 0 spiro atoms. The summed E-state index contributed by atoms with van der Waals surface area (Å²) in [5.41, 5.74) is 1.00. The van der Waals surface area contributed by atoms with Crippen molar-refractivity contribution in [2.24, 2.45) is 0 Å². The number of aryl methyl sites for hydroxylation is 1. The van der Waals surface area contributed by atoms with E-state index in [9.17, 15) is 4.39 Å². The third-order valence-corrected chi connectivity index (χ3v) is 5.53. The molecule has 0 saturated carbocycles. The lowest BCUT2D eigenvalue weighted by atomic mass is 9.97. The molecule has 1 atom stereocenters. The molecule has 25 heavy (non-hydrogen) atoms. The predicted octanol–water partition coefficient (Wildman–Crippen LogP) is 4.63. The Morgan fingerprint density at radius 3 is 3.00 bits per heavy atom. The van der Waals surface area contributed by atoms with Crippen molar-refractivity contribution < 1.29 is 8.81 Å². The average Bonchev–Trinajstić information content (AvgIpc) is 3.24. The summed E-state index contributed by atoms with van der Waals surface area (Å²) in [5, 5.41) is 8.51. The van der Waals surface area contributed by atoms with Crippen molar-refractivity contribution >= 4 is 11.3 Å². The van der Waals surface area contributed by atoms with Gasteiger partial charge in [0.2, 0.25) is 5.89 Å². The van der Waals surface area contributed by atoms with Crippen LogP contribution in [-0.4, -0.2) is 28.2 Å². The number of hydrogen-bond donors (Lipinski definition) is 0. The third kappa shape index (κ3) is 3.80. The van der Waals surface area contributed by atoms with Crippen molar-refractivity contribution in [3.8, 4) is 10.8 Å². The van der Waals surface area contributed by atoms with Crippen LogP contribution < -0.4 is 0 Å². The van der Waals surface area contributed by atoms with E-state index in [1.54, 1.807) is 23.5 Å². The summed E-state index contributed by atoms with van der Waals surface area (Å²) >= 11 is 1.66. The van der Waals surface area contributed by atoms with E-state index < -0.39 is 0 Å². The zero-order valence-electron chi connectivity index (χ0n) is 14.1. The van der Waals surface area contributed by atoms with E-state index in [2.05, 4.69) is 28.1 Å². The smallest absolute Gasteiger partial charge is 0.257 e. The van der Waals surface area contributed by atoms with Gasteiger partial charge in [-0.25, -0.2) is 4.39 Å². The van der Waals surface area contributed by atoms with Crippen LogP contribution in [0.1, 0.15) is 35.1 Å². The maximum Gasteiger partial charge on any atom is 0.257 e. The van der Waals surface area contributed by atoms with Crippen molar-refractivity contribution in [1.82, 2.24) is 15.1 Å². The van der Waals surface area contributed by atoms with Crippen molar-refractivity contribution in [2.45, 2.75) is 32.2 Å². The number of aromatic nitrogens is 2. The number of halogens is 1. The van der Waals surface area contributed by atoms with Crippen LogP contribution >= 0.6 is 11.3 Å². The molecule has 0 N–H and O–H groups in total. The lowest BCUT2D eigenvalue weighted by Crippen LogP contribution is -2.34. The Kier molecular flexibility index (Phi) is 4.63. The van der Waals surface area contributed by atoms with Gasteiger partial charge in [-0.15, -0.1) is 21.5 Å². The Morgan fingerprint density at radius 1 is 1.28 bits per heavy atom. The minimum absolute atomic E-state index is 0.182. The predicted molar refractivity (Wildman–Crippen MR) is 96.0 cm³/mol. The topological polar surface area (TPSA) is 42.2 Å². The summed E-state index contributed by atoms with van der Waals surface area (Å²) in [6.07, 6.45) is 2.13. The van der Waals surface area contributed by atoms with Crippen molar-refractivity contribution in [2.75, 3.05) is 13.1 Å². The molecule has 0 amide bonds. The molecule has 6 heteroatoms. The van der Waals surface area contributed by atoms with E-state index >= 15 is 0 Å². The number of benzene rings is 1. The molecule has 0 unspecified atom stereocenters. The fourth-order valence-corrected chi connectivity index (χ4v) is 4.13. The molecule has 3 aromatic rings. The van der Waals surface area contributed by atoms with Crippen LogP contribution in [0.4, 0.5) is 4.39 Å². The molecule has 1 saturated heterocycles. The highest BCUT2D eigenvalue weighted by atomic mass is 32.1. The lowest BCUT2D eigenvalue weighted by Gasteiger charge is -2.31. The highest BCUT2D eigenvalue weighted by molar-refractivity contribution is 7.15. The van der Waals surface area contributed by atoms with Gasteiger partial charge in [-0.2, -0.15) is 0 Å². The van der Waals surface area contributed by atoms with Gasteiger partial charge in [0.1, 0.15) is 5.82 Å². The number of rotatable bonds is 4. The summed E-state index contributed by atoms with van der Waals surface area (Å²) < 4.78 is 19.3. The molecule has 1 fully saturated rings. The number of nitrogens with zero attached hydrogens (tertiary/aromatic N) is 3. The second-order valence-electron chi connectivity index (χ2n) is 6.56. The Balaban J connectivity index is 1.45. The molecular weight excluding hydrogens is 337 g/mol. The Hall–Kier alpha value is -2.05. The van der Waals surface area contributed by atoms with Crippen LogP contribution in [0.25, 0.3) is 10.8 Å². The first-order valence-electron chi connectivity index (χ1n) is 8.54.